The molecule has 0 saturated carbocycles. The van der Waals surface area contributed by atoms with Crippen LogP contribution in [0.4, 0.5) is 5.82 Å². The molecule has 4 heterocycles. The van der Waals surface area contributed by atoms with Crippen LogP contribution in [0, 0.1) is 6.92 Å². The van der Waals surface area contributed by atoms with Crippen LogP contribution >= 0.6 is 0 Å². The summed E-state index contributed by atoms with van der Waals surface area (Å²) in [7, 11) is 3.89. The molecule has 3 aromatic heterocycles. The molecule has 0 bridgehead atoms. The van der Waals surface area contributed by atoms with E-state index in [9.17, 15) is 0 Å². The van der Waals surface area contributed by atoms with E-state index in [1.54, 1.807) is 13.4 Å². The van der Waals surface area contributed by atoms with Crippen LogP contribution in [-0.2, 0) is 12.8 Å². The van der Waals surface area contributed by atoms with Gasteiger partial charge >= 0.3 is 0 Å². The normalized spacial score (nSPS) is 14.7. The van der Waals surface area contributed by atoms with Crippen LogP contribution in [0.15, 0.2) is 55.0 Å². The number of hydrogen-bond donors (Lipinski definition) is 0. The highest BCUT2D eigenvalue weighted by Crippen LogP contribution is 2.29. The van der Waals surface area contributed by atoms with E-state index in [1.807, 2.05) is 18.3 Å². The molecule has 1 aliphatic heterocycles. The fourth-order valence-corrected chi connectivity index (χ4v) is 4.63. The van der Waals surface area contributed by atoms with Crippen molar-refractivity contribution in [2.45, 2.75) is 19.8 Å². The van der Waals surface area contributed by atoms with E-state index in [0.717, 1.165) is 67.4 Å². The number of para-hydroxylation sites is 1. The molecule has 0 aliphatic carbocycles. The average Bonchev–Trinajstić information content (AvgIpc) is 3.34. The molecule has 1 saturated heterocycles. The fraction of sp³-hybridized carbons (Fsp3) is 0.346. The Bertz CT molecular complexity index is 1260. The Balaban J connectivity index is 1.41. The molecular weight excluding hydrogens is 412 g/mol. The van der Waals surface area contributed by atoms with Crippen molar-refractivity contribution in [3.8, 4) is 16.9 Å². The second-order valence-corrected chi connectivity index (χ2v) is 8.73. The summed E-state index contributed by atoms with van der Waals surface area (Å²) in [4.78, 5) is 9.59. The van der Waals surface area contributed by atoms with Gasteiger partial charge in [-0.15, -0.1) is 10.2 Å². The first-order chi connectivity index (χ1) is 16.1. The van der Waals surface area contributed by atoms with Crippen molar-refractivity contribution in [1.82, 2.24) is 24.5 Å². The van der Waals surface area contributed by atoms with E-state index in [2.05, 4.69) is 68.7 Å². The third kappa shape index (κ3) is 4.28. The first kappa shape index (κ1) is 21.4. The number of rotatable bonds is 6. The SMILES string of the molecule is COc1ccccc1CCc1ccc(-c2cnc(N3CCN(C)CC3)c(C)c2)c2nncn12. The number of anilines is 1. The predicted octanol–water partition coefficient (Wildman–Crippen LogP) is 3.65. The minimum atomic E-state index is 0.862. The molecule has 5 rings (SSSR count). The van der Waals surface area contributed by atoms with Gasteiger partial charge < -0.3 is 14.5 Å². The smallest absolute Gasteiger partial charge is 0.168 e. The number of pyridine rings is 2. The van der Waals surface area contributed by atoms with Crippen LogP contribution in [0.1, 0.15) is 16.8 Å². The van der Waals surface area contributed by atoms with Gasteiger partial charge in [-0.05, 0) is 62.2 Å². The van der Waals surface area contributed by atoms with E-state index < -0.39 is 0 Å². The number of fused-ring (bicyclic) bond motifs is 1. The quantitative estimate of drug-likeness (QED) is 0.454. The number of hydrogen-bond acceptors (Lipinski definition) is 6. The van der Waals surface area contributed by atoms with E-state index >= 15 is 0 Å². The van der Waals surface area contributed by atoms with Crippen molar-refractivity contribution in [1.29, 1.82) is 0 Å². The van der Waals surface area contributed by atoms with Gasteiger partial charge in [0.15, 0.2) is 5.65 Å². The maximum Gasteiger partial charge on any atom is 0.168 e. The largest absolute Gasteiger partial charge is 0.496 e. The third-order valence-electron chi connectivity index (χ3n) is 6.55. The second-order valence-electron chi connectivity index (χ2n) is 8.73. The number of ether oxygens (including phenoxy) is 1. The Morgan fingerprint density at radius 1 is 1.00 bits per heavy atom. The third-order valence-corrected chi connectivity index (χ3v) is 6.55. The lowest BCUT2D eigenvalue weighted by Crippen LogP contribution is -2.45. The van der Waals surface area contributed by atoms with E-state index in [0.29, 0.717) is 0 Å². The summed E-state index contributed by atoms with van der Waals surface area (Å²) in [5, 5.41) is 8.65. The summed E-state index contributed by atoms with van der Waals surface area (Å²) < 4.78 is 7.60. The first-order valence-electron chi connectivity index (χ1n) is 11.5. The van der Waals surface area contributed by atoms with Crippen molar-refractivity contribution in [2.24, 2.45) is 0 Å². The summed E-state index contributed by atoms with van der Waals surface area (Å²) in [5.41, 5.74) is 6.54. The summed E-state index contributed by atoms with van der Waals surface area (Å²) in [6.45, 7) is 6.31. The maximum absolute atomic E-state index is 5.51. The Kier molecular flexibility index (Phi) is 5.96. The van der Waals surface area contributed by atoms with Gasteiger partial charge in [0.2, 0.25) is 0 Å². The van der Waals surface area contributed by atoms with Crippen LogP contribution < -0.4 is 9.64 Å². The van der Waals surface area contributed by atoms with E-state index in [1.165, 1.54) is 16.8 Å². The lowest BCUT2D eigenvalue weighted by Gasteiger charge is -2.34. The number of benzene rings is 1. The zero-order chi connectivity index (χ0) is 22.8. The number of likely N-dealkylation sites (N-methyl/N-ethyl adjacent to an activating group) is 1. The maximum atomic E-state index is 5.51. The first-order valence-corrected chi connectivity index (χ1v) is 11.5. The Morgan fingerprint density at radius 3 is 2.61 bits per heavy atom. The molecule has 1 aromatic carbocycles. The molecule has 0 radical (unpaired) electrons. The molecule has 4 aromatic rings. The molecule has 1 fully saturated rings. The Hall–Kier alpha value is -3.45. The number of nitrogens with zero attached hydrogens (tertiary/aromatic N) is 6. The monoisotopic (exact) mass is 442 g/mol. The van der Waals surface area contributed by atoms with Gasteiger partial charge in [-0.25, -0.2) is 4.98 Å². The molecule has 1 aliphatic rings. The summed E-state index contributed by atoms with van der Waals surface area (Å²) in [6.07, 6.45) is 5.53. The van der Waals surface area contributed by atoms with Gasteiger partial charge in [-0.2, -0.15) is 0 Å². The topological polar surface area (TPSA) is 58.8 Å². The summed E-state index contributed by atoms with van der Waals surface area (Å²) in [5.74, 6) is 2.01. The van der Waals surface area contributed by atoms with Crippen LogP contribution in [0.25, 0.3) is 16.8 Å². The van der Waals surface area contributed by atoms with Crippen molar-refractivity contribution < 1.29 is 4.74 Å². The van der Waals surface area contributed by atoms with Gasteiger partial charge in [-0.1, -0.05) is 18.2 Å². The fourth-order valence-electron chi connectivity index (χ4n) is 4.63. The van der Waals surface area contributed by atoms with Crippen LogP contribution in [0.2, 0.25) is 0 Å². The standard InChI is InChI=1S/C26H30N6O/c1-19-16-21(17-27-25(19)31-14-12-30(2)13-15-31)23-11-10-22(32-18-28-29-26(23)32)9-8-20-6-4-5-7-24(20)33-3/h4-7,10-11,16-18H,8-9,12-15H2,1-3H3. The molecule has 33 heavy (non-hydrogen) atoms. The molecule has 0 atom stereocenters. The van der Waals surface area contributed by atoms with Gasteiger partial charge in [0.05, 0.1) is 7.11 Å². The summed E-state index contributed by atoms with van der Waals surface area (Å²) in [6, 6.07) is 14.7. The highest BCUT2D eigenvalue weighted by Gasteiger charge is 2.18. The lowest BCUT2D eigenvalue weighted by atomic mass is 10.0. The van der Waals surface area contributed by atoms with E-state index in [-0.39, 0.29) is 0 Å². The lowest BCUT2D eigenvalue weighted by molar-refractivity contribution is 0.312. The van der Waals surface area contributed by atoms with Crippen molar-refractivity contribution in [3.63, 3.8) is 0 Å². The van der Waals surface area contributed by atoms with Crippen molar-refractivity contribution in [2.75, 3.05) is 45.2 Å². The van der Waals surface area contributed by atoms with Crippen LogP contribution in [0.3, 0.4) is 0 Å². The Labute approximate surface area is 194 Å². The van der Waals surface area contributed by atoms with Gasteiger partial charge in [0.25, 0.3) is 0 Å². The number of aryl methyl sites for hydroxylation is 3. The molecular formula is C26H30N6O. The zero-order valence-electron chi connectivity index (χ0n) is 19.5. The van der Waals surface area contributed by atoms with Gasteiger partial charge in [0, 0.05) is 49.2 Å². The van der Waals surface area contributed by atoms with Gasteiger partial charge in [0.1, 0.15) is 17.9 Å². The minimum Gasteiger partial charge on any atom is -0.496 e. The van der Waals surface area contributed by atoms with Gasteiger partial charge in [-0.3, -0.25) is 4.40 Å². The van der Waals surface area contributed by atoms with E-state index in [4.69, 9.17) is 9.72 Å². The molecule has 7 nitrogen and oxygen atoms in total. The molecule has 0 unspecified atom stereocenters. The zero-order valence-corrected chi connectivity index (χ0v) is 19.5. The molecule has 170 valence electrons. The average molecular weight is 443 g/mol. The summed E-state index contributed by atoms with van der Waals surface area (Å²) >= 11 is 0. The van der Waals surface area contributed by atoms with Crippen LogP contribution in [0.5, 0.6) is 5.75 Å². The van der Waals surface area contributed by atoms with Crippen LogP contribution in [-0.4, -0.2) is 64.8 Å². The predicted molar refractivity (Wildman–Crippen MR) is 131 cm³/mol. The molecule has 7 heteroatoms. The molecule has 0 spiro atoms. The highest BCUT2D eigenvalue weighted by atomic mass is 16.5. The minimum absolute atomic E-state index is 0.862. The number of methoxy groups -OCH3 is 1. The van der Waals surface area contributed by atoms with Crippen molar-refractivity contribution >= 4 is 11.5 Å². The highest BCUT2D eigenvalue weighted by molar-refractivity contribution is 5.78. The Morgan fingerprint density at radius 2 is 1.82 bits per heavy atom. The molecule has 0 amide bonds. The number of piperazine rings is 1. The van der Waals surface area contributed by atoms with Crippen molar-refractivity contribution in [3.05, 3.63) is 71.8 Å². The molecule has 0 N–H and O–H groups in total. The number of aromatic nitrogens is 4. The second kappa shape index (κ2) is 9.19.